The van der Waals surface area contributed by atoms with Crippen LogP contribution in [0.15, 0.2) is 48.9 Å². The molecule has 140 valence electrons. The summed E-state index contributed by atoms with van der Waals surface area (Å²) in [5.41, 5.74) is 2.02. The van der Waals surface area contributed by atoms with Crippen LogP contribution in [0, 0.1) is 6.92 Å². The van der Waals surface area contributed by atoms with E-state index in [1.807, 2.05) is 36.0 Å². The molecule has 1 amide bonds. The van der Waals surface area contributed by atoms with Crippen LogP contribution in [0.5, 0.6) is 11.5 Å². The molecule has 7 heteroatoms. The number of hydrogen-bond donors (Lipinski definition) is 1. The van der Waals surface area contributed by atoms with E-state index in [4.69, 9.17) is 9.47 Å². The Morgan fingerprint density at radius 2 is 1.89 bits per heavy atom. The predicted molar refractivity (Wildman–Crippen MR) is 101 cm³/mol. The number of carbonyl (C=O) groups excluding carboxylic acids is 1. The first-order valence-corrected chi connectivity index (χ1v) is 8.46. The van der Waals surface area contributed by atoms with Gasteiger partial charge in [0.1, 0.15) is 11.9 Å². The van der Waals surface area contributed by atoms with Crippen molar-refractivity contribution in [2.75, 3.05) is 14.2 Å². The normalized spacial score (nSPS) is 11.7. The summed E-state index contributed by atoms with van der Waals surface area (Å²) in [5, 5.41) is 3.06. The summed E-state index contributed by atoms with van der Waals surface area (Å²) >= 11 is 0. The van der Waals surface area contributed by atoms with E-state index in [1.165, 1.54) is 0 Å². The van der Waals surface area contributed by atoms with Gasteiger partial charge < -0.3 is 19.4 Å². The molecular formula is C20H22N4O3. The summed E-state index contributed by atoms with van der Waals surface area (Å²) in [4.78, 5) is 21.5. The van der Waals surface area contributed by atoms with Gasteiger partial charge in [0, 0.05) is 31.3 Å². The van der Waals surface area contributed by atoms with E-state index in [0.29, 0.717) is 28.6 Å². The minimum atomic E-state index is -0.461. The summed E-state index contributed by atoms with van der Waals surface area (Å²) in [7, 11) is 5.05. The van der Waals surface area contributed by atoms with Crippen molar-refractivity contribution in [1.82, 2.24) is 19.9 Å². The number of pyridine rings is 1. The third kappa shape index (κ3) is 3.76. The molecule has 2 heterocycles. The Morgan fingerprint density at radius 3 is 2.52 bits per heavy atom. The topological polar surface area (TPSA) is 78.3 Å². The van der Waals surface area contributed by atoms with E-state index in [1.54, 1.807) is 45.7 Å². The monoisotopic (exact) mass is 366 g/mol. The number of imidazole rings is 1. The van der Waals surface area contributed by atoms with Crippen LogP contribution in [-0.2, 0) is 7.05 Å². The van der Waals surface area contributed by atoms with Crippen molar-refractivity contribution < 1.29 is 14.3 Å². The molecule has 0 saturated heterocycles. The van der Waals surface area contributed by atoms with Crippen molar-refractivity contribution in [2.45, 2.75) is 13.0 Å². The third-order valence-electron chi connectivity index (χ3n) is 4.38. The molecule has 3 rings (SSSR count). The van der Waals surface area contributed by atoms with Crippen molar-refractivity contribution in [3.05, 3.63) is 71.6 Å². The second-order valence-electron chi connectivity index (χ2n) is 6.05. The van der Waals surface area contributed by atoms with Gasteiger partial charge in [0.2, 0.25) is 0 Å². The van der Waals surface area contributed by atoms with E-state index in [9.17, 15) is 4.79 Å². The molecule has 0 fully saturated rings. The minimum absolute atomic E-state index is 0.219. The molecule has 0 radical (unpaired) electrons. The van der Waals surface area contributed by atoms with Crippen LogP contribution < -0.4 is 14.8 Å². The average molecular weight is 366 g/mol. The third-order valence-corrected chi connectivity index (χ3v) is 4.38. The average Bonchev–Trinajstić information content (AvgIpc) is 3.11. The number of amides is 1. The summed E-state index contributed by atoms with van der Waals surface area (Å²) in [6.07, 6.45) is 5.20. The Kier molecular flexibility index (Phi) is 5.40. The fourth-order valence-electron chi connectivity index (χ4n) is 2.92. The maximum Gasteiger partial charge on any atom is 0.253 e. The van der Waals surface area contributed by atoms with E-state index < -0.39 is 6.04 Å². The summed E-state index contributed by atoms with van der Waals surface area (Å²) < 4.78 is 12.6. The molecule has 0 aliphatic heterocycles. The zero-order chi connectivity index (χ0) is 19.4. The Bertz CT molecular complexity index is 952. The summed E-state index contributed by atoms with van der Waals surface area (Å²) in [6.45, 7) is 1.81. The highest BCUT2D eigenvalue weighted by atomic mass is 16.5. The molecule has 0 bridgehead atoms. The van der Waals surface area contributed by atoms with E-state index in [-0.39, 0.29) is 5.91 Å². The van der Waals surface area contributed by atoms with Gasteiger partial charge in [-0.3, -0.25) is 9.78 Å². The van der Waals surface area contributed by atoms with Gasteiger partial charge in [-0.15, -0.1) is 0 Å². The maximum atomic E-state index is 12.9. The number of nitrogens with one attached hydrogen (secondary N) is 1. The van der Waals surface area contributed by atoms with Gasteiger partial charge >= 0.3 is 0 Å². The van der Waals surface area contributed by atoms with Gasteiger partial charge in [0.15, 0.2) is 11.5 Å². The molecule has 1 N–H and O–H groups in total. The Hall–Kier alpha value is -3.35. The largest absolute Gasteiger partial charge is 0.493 e. The van der Waals surface area contributed by atoms with Crippen LogP contribution in [0.3, 0.4) is 0 Å². The fourth-order valence-corrected chi connectivity index (χ4v) is 2.92. The van der Waals surface area contributed by atoms with Crippen LogP contribution in [0.4, 0.5) is 0 Å². The van der Waals surface area contributed by atoms with Crippen LogP contribution in [0.2, 0.25) is 0 Å². The highest BCUT2D eigenvalue weighted by Gasteiger charge is 2.23. The van der Waals surface area contributed by atoms with Gasteiger partial charge in [-0.1, -0.05) is 6.07 Å². The highest BCUT2D eigenvalue weighted by molar-refractivity contribution is 5.95. The van der Waals surface area contributed by atoms with E-state index >= 15 is 0 Å². The second kappa shape index (κ2) is 7.90. The molecule has 1 atom stereocenters. The molecule has 0 saturated carbocycles. The first-order valence-electron chi connectivity index (χ1n) is 8.46. The van der Waals surface area contributed by atoms with Crippen LogP contribution in [0.25, 0.3) is 0 Å². The number of carbonyl (C=O) groups is 1. The predicted octanol–water partition coefficient (Wildman–Crippen LogP) is 2.66. The SMILES string of the molecule is COc1ccc(C(NC(=O)c2cccnc2C)c2nccn2C)cc1OC. The number of methoxy groups -OCH3 is 2. The zero-order valence-electron chi connectivity index (χ0n) is 15.8. The molecule has 7 nitrogen and oxygen atoms in total. The molecule has 1 unspecified atom stereocenters. The van der Waals surface area contributed by atoms with Crippen molar-refractivity contribution >= 4 is 5.91 Å². The van der Waals surface area contributed by atoms with Crippen molar-refractivity contribution in [3.63, 3.8) is 0 Å². The Morgan fingerprint density at radius 1 is 1.11 bits per heavy atom. The van der Waals surface area contributed by atoms with Crippen LogP contribution in [0.1, 0.15) is 33.5 Å². The molecule has 27 heavy (non-hydrogen) atoms. The number of nitrogens with zero attached hydrogens (tertiary/aromatic N) is 3. The minimum Gasteiger partial charge on any atom is -0.493 e. The fraction of sp³-hybridized carbons (Fsp3) is 0.250. The molecular weight excluding hydrogens is 344 g/mol. The maximum absolute atomic E-state index is 12.9. The lowest BCUT2D eigenvalue weighted by atomic mass is 10.0. The van der Waals surface area contributed by atoms with Crippen molar-refractivity contribution in [1.29, 1.82) is 0 Å². The Balaban J connectivity index is 2.01. The number of aryl methyl sites for hydroxylation is 2. The lowest BCUT2D eigenvalue weighted by molar-refractivity contribution is 0.0940. The molecule has 0 aliphatic rings. The first kappa shape index (κ1) is 18.4. The summed E-state index contributed by atoms with van der Waals surface area (Å²) in [5.74, 6) is 1.69. The number of aromatic nitrogens is 3. The van der Waals surface area contributed by atoms with Crippen molar-refractivity contribution in [3.8, 4) is 11.5 Å². The van der Waals surface area contributed by atoms with Gasteiger partial charge in [-0.25, -0.2) is 4.98 Å². The number of benzene rings is 1. The molecule has 1 aromatic carbocycles. The highest BCUT2D eigenvalue weighted by Crippen LogP contribution is 2.32. The van der Waals surface area contributed by atoms with Crippen LogP contribution >= 0.6 is 0 Å². The number of rotatable bonds is 6. The first-order chi connectivity index (χ1) is 13.0. The van der Waals surface area contributed by atoms with E-state index in [2.05, 4.69) is 15.3 Å². The Labute approximate surface area is 158 Å². The summed E-state index contributed by atoms with van der Waals surface area (Å²) in [6, 6.07) is 8.57. The second-order valence-corrected chi connectivity index (χ2v) is 6.05. The molecule has 0 aliphatic carbocycles. The van der Waals surface area contributed by atoms with Gasteiger partial charge in [-0.2, -0.15) is 0 Å². The molecule has 0 spiro atoms. The molecule has 3 aromatic rings. The van der Waals surface area contributed by atoms with E-state index in [0.717, 1.165) is 5.56 Å². The standard InChI is InChI=1S/C20H22N4O3/c1-13-15(6-5-9-21-13)20(25)23-18(19-22-10-11-24(19)2)14-7-8-16(26-3)17(12-14)27-4/h5-12,18H,1-4H3,(H,23,25). The molecule has 2 aromatic heterocycles. The van der Waals surface area contributed by atoms with Gasteiger partial charge in [0.25, 0.3) is 5.91 Å². The van der Waals surface area contributed by atoms with Gasteiger partial charge in [0.05, 0.1) is 19.8 Å². The van der Waals surface area contributed by atoms with Crippen molar-refractivity contribution in [2.24, 2.45) is 7.05 Å². The number of hydrogen-bond acceptors (Lipinski definition) is 5. The lowest BCUT2D eigenvalue weighted by Crippen LogP contribution is -2.31. The lowest BCUT2D eigenvalue weighted by Gasteiger charge is -2.21. The zero-order valence-corrected chi connectivity index (χ0v) is 15.8. The van der Waals surface area contributed by atoms with Crippen LogP contribution in [-0.4, -0.2) is 34.7 Å². The van der Waals surface area contributed by atoms with Gasteiger partial charge in [-0.05, 0) is 36.8 Å². The quantitative estimate of drug-likeness (QED) is 0.726. The number of ether oxygens (including phenoxy) is 2. The smallest absolute Gasteiger partial charge is 0.253 e.